The molecular weight excluding hydrogens is 937 g/mol. The molecule has 4 nitrogen and oxygen atoms in total. The molecule has 0 aliphatic carbocycles. The summed E-state index contributed by atoms with van der Waals surface area (Å²) in [6.07, 6.45) is 0. The van der Waals surface area contributed by atoms with Gasteiger partial charge in [0.1, 0.15) is 6.07 Å². The molecule has 4 heterocycles. The summed E-state index contributed by atoms with van der Waals surface area (Å²) < 4.78 is 74.2. The Kier molecular flexibility index (Phi) is 7.26. The van der Waals surface area contributed by atoms with Crippen LogP contribution in [0.25, 0.3) is 155 Å². The Morgan fingerprint density at radius 3 is 1.70 bits per heavy atom. The molecule has 0 fully saturated rings. The maximum Gasteiger partial charge on any atom is 0.220 e. The summed E-state index contributed by atoms with van der Waals surface area (Å²) in [6, 6.07) is 58.9. The molecule has 0 N–H and O–H groups in total. The number of thiophene rings is 2. The van der Waals surface area contributed by atoms with E-state index in [1.54, 1.807) is 28.7 Å². The molecule has 74 heavy (non-hydrogen) atoms. The van der Waals surface area contributed by atoms with Crippen molar-refractivity contribution in [2.75, 3.05) is 0 Å². The molecule has 0 atom stereocenters. The molecule has 16 rings (SSSR count). The quantitative estimate of drug-likeness (QED) is 0.125. The van der Waals surface area contributed by atoms with Crippen molar-refractivity contribution in [1.82, 2.24) is 9.13 Å². The molecular formula is C68H36N4S2. The first kappa shape index (κ1) is 34.7. The van der Waals surface area contributed by atoms with E-state index in [-0.39, 0.29) is 57.1 Å². The molecule has 16 aromatic rings. The van der Waals surface area contributed by atoms with Gasteiger partial charge in [0.05, 0.1) is 64.6 Å². The van der Waals surface area contributed by atoms with E-state index in [0.717, 1.165) is 73.3 Å². The maximum atomic E-state index is 12.4. The Bertz CT molecular complexity index is 5570. The minimum atomic E-state index is -0.475. The van der Waals surface area contributed by atoms with Crippen molar-refractivity contribution < 1.29 is 9.60 Å². The minimum Gasteiger partial charge on any atom is -0.318 e. The van der Waals surface area contributed by atoms with E-state index in [9.17, 15) is 18.7 Å². The summed E-state index contributed by atoms with van der Waals surface area (Å²) in [4.78, 5) is 4.49. The highest BCUT2D eigenvalue weighted by atomic mass is 32.1. The van der Waals surface area contributed by atoms with Gasteiger partial charge < -0.3 is 9.13 Å². The monoisotopic (exact) mass is 979 g/mol. The number of nitrogens with zero attached hydrogens (tertiary/aromatic N) is 4. The van der Waals surface area contributed by atoms with Crippen LogP contribution in [0.2, 0.25) is 0 Å². The van der Waals surface area contributed by atoms with Crippen molar-refractivity contribution in [2.24, 2.45) is 0 Å². The zero-order chi connectivity index (χ0) is 54.9. The molecule has 0 amide bonds. The first-order valence-corrected chi connectivity index (χ1v) is 25.8. The molecule has 0 spiro atoms. The second kappa shape index (κ2) is 15.5. The second-order valence-electron chi connectivity index (χ2n) is 18.6. The molecule has 6 heteroatoms. The minimum absolute atomic E-state index is 0.0850. The van der Waals surface area contributed by atoms with E-state index in [0.29, 0.717) is 55.3 Å². The first-order chi connectivity index (χ1) is 39.6. The van der Waals surface area contributed by atoms with E-state index in [4.69, 9.17) is 2.74 Å². The smallest absolute Gasteiger partial charge is 0.220 e. The number of fused-ring (bicyclic) bond motifs is 14. The van der Waals surface area contributed by atoms with Gasteiger partial charge in [0, 0.05) is 63.6 Å². The fourth-order valence-corrected chi connectivity index (χ4v) is 14.7. The Hall–Kier alpha value is -9.56. The van der Waals surface area contributed by atoms with Crippen LogP contribution in [0, 0.1) is 17.9 Å². The van der Waals surface area contributed by atoms with Crippen LogP contribution in [0.15, 0.2) is 218 Å². The SMILES string of the molecule is [2H]c1c([2H])c([2H])c2c(c1[2H])c1cccc3c1c1c2c([2H])c([2H])c([2H])c1n3-c1c([N+]#[C-])c(-c2ccccc2)c(C#N)c(-n2c3c(ccc4c5ccccc5sc43)c3ccc4c5cccc(-c6ccccc6)c5sc4c32)c1-c1ccccc1. The van der Waals surface area contributed by atoms with Crippen molar-refractivity contribution in [3.63, 3.8) is 0 Å². The number of nitriles is 1. The fourth-order valence-electron chi connectivity index (χ4n) is 12.1. The van der Waals surface area contributed by atoms with Crippen LogP contribution in [-0.2, 0) is 0 Å². The summed E-state index contributed by atoms with van der Waals surface area (Å²) in [7, 11) is 0. The van der Waals surface area contributed by atoms with Gasteiger partial charge in [0.25, 0.3) is 0 Å². The van der Waals surface area contributed by atoms with E-state index < -0.39 is 18.1 Å². The highest BCUT2D eigenvalue weighted by Crippen LogP contribution is 2.56. The Morgan fingerprint density at radius 2 is 0.986 bits per heavy atom. The van der Waals surface area contributed by atoms with E-state index in [1.165, 1.54) is 0 Å². The lowest BCUT2D eigenvalue weighted by Crippen LogP contribution is -2.09. The van der Waals surface area contributed by atoms with Crippen molar-refractivity contribution in [3.05, 3.63) is 235 Å². The summed E-state index contributed by atoms with van der Waals surface area (Å²) in [5.74, 6) is 0. The second-order valence-corrected chi connectivity index (χ2v) is 20.7. The van der Waals surface area contributed by atoms with Gasteiger partial charge in [-0.2, -0.15) is 5.26 Å². The van der Waals surface area contributed by atoms with E-state index >= 15 is 0 Å². The number of aromatic nitrogens is 2. The van der Waals surface area contributed by atoms with Crippen LogP contribution in [0.3, 0.4) is 0 Å². The largest absolute Gasteiger partial charge is 0.318 e. The van der Waals surface area contributed by atoms with Gasteiger partial charge in [-0.1, -0.05) is 200 Å². The van der Waals surface area contributed by atoms with Gasteiger partial charge in [-0.15, -0.1) is 22.7 Å². The number of benzene rings is 12. The third kappa shape index (κ3) is 5.43. The molecule has 12 aromatic carbocycles. The average molecular weight is 980 g/mol. The first-order valence-electron chi connectivity index (χ1n) is 27.7. The van der Waals surface area contributed by atoms with Crippen LogP contribution in [0.4, 0.5) is 5.69 Å². The highest BCUT2D eigenvalue weighted by Gasteiger charge is 2.33. The van der Waals surface area contributed by atoms with Crippen LogP contribution in [0.5, 0.6) is 0 Å². The van der Waals surface area contributed by atoms with Crippen LogP contribution in [-0.4, -0.2) is 9.13 Å². The van der Waals surface area contributed by atoms with Crippen molar-refractivity contribution >= 4 is 134 Å². The summed E-state index contributed by atoms with van der Waals surface area (Å²) in [5.41, 5.74) is 7.96. The number of rotatable bonds is 5. The Morgan fingerprint density at radius 1 is 0.432 bits per heavy atom. The molecule has 0 bridgehead atoms. The zero-order valence-corrected chi connectivity index (χ0v) is 40.5. The lowest BCUT2D eigenvalue weighted by atomic mass is 9.88. The Labute approximate surface area is 441 Å². The predicted octanol–water partition coefficient (Wildman–Crippen LogP) is 19.8. The summed E-state index contributed by atoms with van der Waals surface area (Å²) in [6.45, 7) is 9.49. The van der Waals surface area contributed by atoms with Gasteiger partial charge in [-0.05, 0) is 62.0 Å². The molecule has 0 saturated carbocycles. The van der Waals surface area contributed by atoms with Crippen molar-refractivity contribution in [3.8, 4) is 50.8 Å². The normalized spacial score (nSPS) is 13.4. The van der Waals surface area contributed by atoms with Gasteiger partial charge >= 0.3 is 0 Å². The molecule has 0 radical (unpaired) electrons. The van der Waals surface area contributed by atoms with Gasteiger partial charge in [-0.25, -0.2) is 4.85 Å². The predicted molar refractivity (Wildman–Crippen MR) is 314 cm³/mol. The molecule has 0 unspecified atom stereocenters. The van der Waals surface area contributed by atoms with Gasteiger partial charge in [0.2, 0.25) is 5.69 Å². The van der Waals surface area contributed by atoms with Crippen molar-refractivity contribution in [1.29, 1.82) is 5.26 Å². The van der Waals surface area contributed by atoms with Crippen LogP contribution < -0.4 is 0 Å². The fraction of sp³-hybridized carbons (Fsp3) is 0. The number of hydrogen-bond acceptors (Lipinski definition) is 3. The van der Waals surface area contributed by atoms with Gasteiger partial charge in [0.15, 0.2) is 0 Å². The average Bonchev–Trinajstić information content (AvgIpc) is 3.22. The van der Waals surface area contributed by atoms with Crippen LogP contribution in [0.1, 0.15) is 15.2 Å². The Balaban J connectivity index is 1.21. The number of hydrogen-bond donors (Lipinski definition) is 0. The lowest BCUT2D eigenvalue weighted by molar-refractivity contribution is 1.14. The molecule has 340 valence electrons. The lowest BCUT2D eigenvalue weighted by Gasteiger charge is -2.26. The third-order valence-corrected chi connectivity index (χ3v) is 17.5. The molecule has 0 aliphatic heterocycles. The molecule has 0 aliphatic rings. The third-order valence-electron chi connectivity index (χ3n) is 15.0. The van der Waals surface area contributed by atoms with E-state index in [2.05, 4.69) is 106 Å². The standard InChI is InChI=1S/C68H36N4S2/c1-70-61-57(40-20-7-3-8-21-40)53(38-69)62(58(41-22-9-4-10-23-41)65(61)71-54-31-16-28-46-43-24-11-12-25-44(43)47-29-17-32-55(71)60(47)59(46)54)72-63-48(34-36-51-45-26-13-14-33-56(45)73-67(51)63)49-35-37-52-50-30-15-27-42(39-18-5-2-6-19-39)66(50)74-68(52)64(49)72/h2-37H/i11D,12D,16D,24D,25D,28D,31D. The van der Waals surface area contributed by atoms with Crippen molar-refractivity contribution in [2.45, 2.75) is 0 Å². The van der Waals surface area contributed by atoms with Gasteiger partial charge in [-0.3, -0.25) is 0 Å². The van der Waals surface area contributed by atoms with Crippen LogP contribution >= 0.6 is 22.7 Å². The molecule has 0 saturated heterocycles. The summed E-state index contributed by atoms with van der Waals surface area (Å²) >= 11 is 3.41. The van der Waals surface area contributed by atoms with E-state index in [1.807, 2.05) is 83.4 Å². The summed E-state index contributed by atoms with van der Waals surface area (Å²) in [5, 5.41) is 20.3. The highest BCUT2D eigenvalue weighted by molar-refractivity contribution is 7.27. The zero-order valence-electron chi connectivity index (χ0n) is 45.8. The topological polar surface area (TPSA) is 38.0 Å². The molecule has 4 aromatic heterocycles. The maximum absolute atomic E-state index is 12.4.